The van der Waals surface area contributed by atoms with E-state index < -0.39 is 0 Å². The van der Waals surface area contributed by atoms with Crippen LogP contribution in [0.15, 0.2) is 36.0 Å². The Bertz CT molecular complexity index is 1480. The number of nitrogens with zero attached hydrogens (tertiary/aromatic N) is 5. The first kappa shape index (κ1) is 25.1. The predicted molar refractivity (Wildman–Crippen MR) is 143 cm³/mol. The number of hydrogen-bond acceptors (Lipinski definition) is 8. The zero-order valence-corrected chi connectivity index (χ0v) is 22.0. The van der Waals surface area contributed by atoms with E-state index >= 15 is 0 Å². The highest BCUT2D eigenvalue weighted by Crippen LogP contribution is 2.34. The number of imidazole rings is 1. The average molecular weight is 539 g/mol. The quantitative estimate of drug-likeness (QED) is 0.342. The van der Waals surface area contributed by atoms with Crippen LogP contribution in [0.1, 0.15) is 55.3 Å². The predicted octanol–water partition coefficient (Wildman–Crippen LogP) is 2.93. The number of nitrogens with one attached hydrogen (secondary N) is 1. The third kappa shape index (κ3) is 5.15. The second kappa shape index (κ2) is 10.1. The normalized spacial score (nSPS) is 17.5. The van der Waals surface area contributed by atoms with Crippen LogP contribution in [0.4, 0.5) is 5.82 Å². The number of pyridine rings is 2. The molecule has 37 heavy (non-hydrogen) atoms. The van der Waals surface area contributed by atoms with E-state index in [9.17, 15) is 9.59 Å². The van der Waals surface area contributed by atoms with E-state index in [1.165, 1.54) is 11.3 Å². The number of carbonyl (C=O) groups is 2. The lowest BCUT2D eigenvalue weighted by molar-refractivity contribution is 0.0728. The van der Waals surface area contributed by atoms with Gasteiger partial charge in [0, 0.05) is 42.6 Å². The molecule has 12 heteroatoms. The van der Waals surface area contributed by atoms with Gasteiger partial charge in [-0.3, -0.25) is 9.59 Å². The van der Waals surface area contributed by atoms with Gasteiger partial charge in [0.15, 0.2) is 0 Å². The molecule has 0 aromatic carbocycles. The Morgan fingerprint density at radius 1 is 1.19 bits per heavy atom. The van der Waals surface area contributed by atoms with Crippen LogP contribution in [0.3, 0.4) is 0 Å². The number of thiazole rings is 1. The van der Waals surface area contributed by atoms with E-state index in [-0.39, 0.29) is 23.9 Å². The van der Waals surface area contributed by atoms with Crippen molar-refractivity contribution >= 4 is 46.2 Å². The number of nitrogen functional groups attached to an aromatic ring is 1. The number of nitrogens with two attached hydrogens (primary N) is 2. The molecule has 1 aliphatic rings. The molecule has 2 atom stereocenters. The Hall–Kier alpha value is -3.54. The summed E-state index contributed by atoms with van der Waals surface area (Å²) in [6.45, 7) is 4.72. The molecule has 4 aromatic rings. The molecule has 192 valence electrons. The molecular weight excluding hydrogens is 512 g/mol. The number of anilines is 1. The Balaban J connectivity index is 1.27. The van der Waals surface area contributed by atoms with Crippen LogP contribution in [0.25, 0.3) is 5.65 Å². The maximum atomic E-state index is 13.4. The summed E-state index contributed by atoms with van der Waals surface area (Å²) in [7, 11) is 0. The SMILES string of the molecule is Cc1cc(N)nc(C)c1CCNC(=O)c1csc([C@@H]2C[C@@H](N)CN2C(=O)c2cn3cc(Cl)ccc3n2)n1. The van der Waals surface area contributed by atoms with Gasteiger partial charge in [-0.05, 0) is 56.0 Å². The summed E-state index contributed by atoms with van der Waals surface area (Å²) < 4.78 is 1.72. The molecule has 5 N–H and O–H groups in total. The Morgan fingerprint density at radius 2 is 2.00 bits per heavy atom. The van der Waals surface area contributed by atoms with Crippen molar-refractivity contribution in [3.05, 3.63) is 74.2 Å². The van der Waals surface area contributed by atoms with Crippen molar-refractivity contribution in [3.8, 4) is 0 Å². The zero-order valence-electron chi connectivity index (χ0n) is 20.4. The fraction of sp³-hybridized carbons (Fsp3) is 0.320. The van der Waals surface area contributed by atoms with E-state index in [0.29, 0.717) is 58.8 Å². The van der Waals surface area contributed by atoms with E-state index in [0.717, 1.165) is 16.8 Å². The standard InChI is InChI=1S/C25H27ClN8O2S/c1-13-7-21(28)30-14(2)17(13)5-6-29-23(35)19-12-37-24(32-19)20-8-16(27)10-34(20)25(36)18-11-33-9-15(26)3-4-22(33)31-18/h3-4,7,9,11-12,16,20H,5-6,8,10,27H2,1-2H3,(H2,28,30)(H,29,35)/t16-,20+/m1/s1. The van der Waals surface area contributed by atoms with Gasteiger partial charge in [-0.15, -0.1) is 11.3 Å². The van der Waals surface area contributed by atoms with Crippen molar-refractivity contribution in [1.29, 1.82) is 0 Å². The molecule has 5 rings (SSSR count). The average Bonchev–Trinajstić information content (AvgIpc) is 3.57. The van der Waals surface area contributed by atoms with Gasteiger partial charge in [0.05, 0.1) is 11.1 Å². The fourth-order valence-corrected chi connectivity index (χ4v) is 5.84. The number of carbonyl (C=O) groups excluding carboxylic acids is 2. The first-order chi connectivity index (χ1) is 17.7. The molecule has 0 bridgehead atoms. The van der Waals surface area contributed by atoms with E-state index in [1.54, 1.807) is 39.2 Å². The molecule has 1 saturated heterocycles. The molecule has 4 aromatic heterocycles. The number of aryl methyl sites for hydroxylation is 2. The van der Waals surface area contributed by atoms with Crippen molar-refractivity contribution in [2.24, 2.45) is 5.73 Å². The molecular formula is C25H27ClN8O2S. The van der Waals surface area contributed by atoms with Gasteiger partial charge in [-0.1, -0.05) is 11.6 Å². The summed E-state index contributed by atoms with van der Waals surface area (Å²) in [4.78, 5) is 41.2. The molecule has 0 spiro atoms. The number of fused-ring (bicyclic) bond motifs is 1. The highest BCUT2D eigenvalue weighted by atomic mass is 35.5. The summed E-state index contributed by atoms with van der Waals surface area (Å²) in [5.41, 5.74) is 16.3. The van der Waals surface area contributed by atoms with Crippen LogP contribution in [0.2, 0.25) is 5.02 Å². The highest BCUT2D eigenvalue weighted by Gasteiger charge is 2.37. The van der Waals surface area contributed by atoms with Crippen LogP contribution in [-0.4, -0.2) is 55.2 Å². The topological polar surface area (TPSA) is 145 Å². The van der Waals surface area contributed by atoms with Gasteiger partial charge in [0.2, 0.25) is 0 Å². The summed E-state index contributed by atoms with van der Waals surface area (Å²) in [5.74, 6) is -0.0111. The highest BCUT2D eigenvalue weighted by molar-refractivity contribution is 7.09. The van der Waals surface area contributed by atoms with Gasteiger partial charge in [-0.25, -0.2) is 15.0 Å². The minimum Gasteiger partial charge on any atom is -0.384 e. The van der Waals surface area contributed by atoms with Crippen LogP contribution in [0, 0.1) is 13.8 Å². The summed E-state index contributed by atoms with van der Waals surface area (Å²) >= 11 is 7.41. The maximum Gasteiger partial charge on any atom is 0.274 e. The summed E-state index contributed by atoms with van der Waals surface area (Å²) in [6, 6.07) is 4.79. The fourth-order valence-electron chi connectivity index (χ4n) is 4.74. The van der Waals surface area contributed by atoms with Crippen LogP contribution in [-0.2, 0) is 6.42 Å². The second-order valence-corrected chi connectivity index (χ2v) is 10.5. The minimum absolute atomic E-state index is 0.193. The van der Waals surface area contributed by atoms with Gasteiger partial charge in [0.1, 0.15) is 27.9 Å². The van der Waals surface area contributed by atoms with E-state index in [4.69, 9.17) is 23.1 Å². The molecule has 1 fully saturated rings. The first-order valence-corrected chi connectivity index (χ1v) is 13.1. The van der Waals surface area contributed by atoms with Gasteiger partial charge < -0.3 is 26.1 Å². The van der Waals surface area contributed by atoms with Crippen LogP contribution >= 0.6 is 22.9 Å². The third-order valence-corrected chi connectivity index (χ3v) is 7.67. The molecule has 0 unspecified atom stereocenters. The zero-order chi connectivity index (χ0) is 26.3. The van der Waals surface area contributed by atoms with Crippen molar-refractivity contribution in [2.75, 3.05) is 18.8 Å². The largest absolute Gasteiger partial charge is 0.384 e. The first-order valence-electron chi connectivity index (χ1n) is 11.9. The van der Waals surface area contributed by atoms with Crippen molar-refractivity contribution in [2.45, 2.75) is 38.8 Å². The van der Waals surface area contributed by atoms with E-state index in [2.05, 4.69) is 20.3 Å². The molecule has 2 amide bonds. The lowest BCUT2D eigenvalue weighted by Crippen LogP contribution is -2.33. The number of likely N-dealkylation sites (tertiary alicyclic amines) is 1. The number of halogens is 1. The Kier molecular flexibility index (Phi) is 6.84. The van der Waals surface area contributed by atoms with Gasteiger partial charge in [0.25, 0.3) is 11.8 Å². The van der Waals surface area contributed by atoms with Crippen molar-refractivity contribution in [1.82, 2.24) is 29.6 Å². The smallest absolute Gasteiger partial charge is 0.274 e. The number of amides is 2. The van der Waals surface area contributed by atoms with Crippen molar-refractivity contribution in [3.63, 3.8) is 0 Å². The summed E-state index contributed by atoms with van der Waals surface area (Å²) in [5, 5.41) is 5.86. The lowest BCUT2D eigenvalue weighted by atomic mass is 10.0. The Labute approximate surface area is 222 Å². The molecule has 5 heterocycles. The molecule has 0 radical (unpaired) electrons. The monoisotopic (exact) mass is 538 g/mol. The van der Waals surface area contributed by atoms with Crippen molar-refractivity contribution < 1.29 is 9.59 Å². The van der Waals surface area contributed by atoms with Gasteiger partial charge in [-0.2, -0.15) is 0 Å². The molecule has 0 saturated carbocycles. The minimum atomic E-state index is -0.325. The third-order valence-electron chi connectivity index (χ3n) is 6.50. The Morgan fingerprint density at radius 3 is 2.78 bits per heavy atom. The molecule has 1 aliphatic heterocycles. The van der Waals surface area contributed by atoms with E-state index in [1.807, 2.05) is 19.9 Å². The van der Waals surface area contributed by atoms with Crippen LogP contribution < -0.4 is 16.8 Å². The lowest BCUT2D eigenvalue weighted by Gasteiger charge is -2.21. The summed E-state index contributed by atoms with van der Waals surface area (Å²) in [6.07, 6.45) is 4.55. The number of aromatic nitrogens is 4. The maximum absolute atomic E-state index is 13.4. The van der Waals surface area contributed by atoms with Gasteiger partial charge >= 0.3 is 0 Å². The van der Waals surface area contributed by atoms with Crippen LogP contribution in [0.5, 0.6) is 0 Å². The number of rotatable bonds is 6. The second-order valence-electron chi connectivity index (χ2n) is 9.21. The molecule has 0 aliphatic carbocycles. The molecule has 10 nitrogen and oxygen atoms in total. The number of hydrogen-bond donors (Lipinski definition) is 3.